The highest BCUT2D eigenvalue weighted by atomic mass is 35.5. The topological polar surface area (TPSA) is 63.5 Å². The molecule has 0 radical (unpaired) electrons. The van der Waals surface area contributed by atoms with Crippen molar-refractivity contribution >= 4 is 23.3 Å². The van der Waals surface area contributed by atoms with Gasteiger partial charge in [0.2, 0.25) is 0 Å². The maximum absolute atomic E-state index is 11.4. The number of nitrogens with zero attached hydrogens (tertiary/aromatic N) is 5. The van der Waals surface area contributed by atoms with Gasteiger partial charge in [0.1, 0.15) is 0 Å². The highest BCUT2D eigenvalue weighted by Crippen LogP contribution is 2.20. The lowest BCUT2D eigenvalue weighted by atomic mass is 10.2. The van der Waals surface area contributed by atoms with Gasteiger partial charge in [0.25, 0.3) is 0 Å². The summed E-state index contributed by atoms with van der Waals surface area (Å²) in [4.78, 5) is 16.1. The van der Waals surface area contributed by atoms with E-state index < -0.39 is 5.97 Å². The third kappa shape index (κ3) is 4.04. The summed E-state index contributed by atoms with van der Waals surface area (Å²) in [7, 11) is 1.33. The van der Waals surface area contributed by atoms with Gasteiger partial charge in [-0.1, -0.05) is 22.9 Å². The summed E-state index contributed by atoms with van der Waals surface area (Å²) >= 11 is 6.06. The van der Waals surface area contributed by atoms with E-state index in [-0.39, 0.29) is 5.69 Å². The van der Waals surface area contributed by atoms with Crippen molar-refractivity contribution in [2.45, 2.75) is 6.54 Å². The van der Waals surface area contributed by atoms with E-state index in [1.165, 1.54) is 12.8 Å². The molecule has 1 aromatic carbocycles. The normalized spacial score (nSPS) is 15.5. The van der Waals surface area contributed by atoms with E-state index in [0.717, 1.165) is 37.7 Å². The summed E-state index contributed by atoms with van der Waals surface area (Å²) in [5, 5.41) is 8.53. The predicted octanol–water partition coefficient (Wildman–Crippen LogP) is 1.54. The molecular weight excluding hydrogens is 330 g/mol. The summed E-state index contributed by atoms with van der Waals surface area (Å²) in [6, 6.07) is 7.96. The maximum atomic E-state index is 11.4. The smallest absolute Gasteiger partial charge is 0.360 e. The van der Waals surface area contributed by atoms with Gasteiger partial charge in [0.15, 0.2) is 5.69 Å². The summed E-state index contributed by atoms with van der Waals surface area (Å²) in [5.41, 5.74) is 1.41. The largest absolute Gasteiger partial charge is 0.464 e. The molecule has 1 saturated heterocycles. The number of ether oxygens (including phenoxy) is 1. The van der Waals surface area contributed by atoms with Gasteiger partial charge >= 0.3 is 5.97 Å². The number of piperazine rings is 1. The molecule has 0 bridgehead atoms. The predicted molar refractivity (Wildman–Crippen MR) is 91.5 cm³/mol. The number of carbonyl (C=O) groups excluding carboxylic acids is 1. The van der Waals surface area contributed by atoms with E-state index in [4.69, 9.17) is 11.6 Å². The Labute approximate surface area is 145 Å². The van der Waals surface area contributed by atoms with Crippen LogP contribution in [0.5, 0.6) is 0 Å². The Hall–Kier alpha value is -2.12. The maximum Gasteiger partial charge on any atom is 0.360 e. The van der Waals surface area contributed by atoms with Gasteiger partial charge in [0.05, 0.1) is 19.9 Å². The van der Waals surface area contributed by atoms with Crippen LogP contribution in [0, 0.1) is 0 Å². The molecule has 8 heteroatoms. The average Bonchev–Trinajstić information content (AvgIpc) is 3.09. The third-order valence-electron chi connectivity index (χ3n) is 4.12. The molecule has 7 nitrogen and oxygen atoms in total. The van der Waals surface area contributed by atoms with E-state index in [9.17, 15) is 4.79 Å². The number of anilines is 1. The van der Waals surface area contributed by atoms with E-state index in [0.29, 0.717) is 6.54 Å². The average molecular weight is 350 g/mol. The number of methoxy groups -OCH3 is 1. The van der Waals surface area contributed by atoms with Crippen molar-refractivity contribution in [1.82, 2.24) is 19.9 Å². The minimum absolute atomic E-state index is 0.239. The van der Waals surface area contributed by atoms with Crippen LogP contribution in [0.2, 0.25) is 5.02 Å². The number of carbonyl (C=O) groups is 1. The molecular formula is C16H20ClN5O2. The second-order valence-electron chi connectivity index (χ2n) is 5.67. The molecule has 2 aromatic rings. The SMILES string of the molecule is COC(=O)c1cn(CCN2CCN(c3cccc(Cl)c3)CC2)nn1. The van der Waals surface area contributed by atoms with Crippen LogP contribution in [0.3, 0.4) is 0 Å². The Balaban J connectivity index is 1.47. The molecule has 0 amide bonds. The number of halogens is 1. The van der Waals surface area contributed by atoms with Crippen LogP contribution < -0.4 is 4.90 Å². The highest BCUT2D eigenvalue weighted by Gasteiger charge is 2.17. The lowest BCUT2D eigenvalue weighted by molar-refractivity contribution is 0.0594. The molecule has 1 aromatic heterocycles. The molecule has 128 valence electrons. The van der Waals surface area contributed by atoms with Crippen molar-refractivity contribution in [3.8, 4) is 0 Å². The highest BCUT2D eigenvalue weighted by molar-refractivity contribution is 6.30. The molecule has 0 atom stereocenters. The van der Waals surface area contributed by atoms with Crippen molar-refractivity contribution in [2.24, 2.45) is 0 Å². The lowest BCUT2D eigenvalue weighted by Crippen LogP contribution is -2.47. The number of esters is 1. The van der Waals surface area contributed by atoms with Gasteiger partial charge in [-0.15, -0.1) is 5.10 Å². The van der Waals surface area contributed by atoms with Crippen LogP contribution in [0.1, 0.15) is 10.5 Å². The molecule has 0 N–H and O–H groups in total. The molecule has 0 aliphatic carbocycles. The molecule has 0 spiro atoms. The zero-order chi connectivity index (χ0) is 16.9. The minimum atomic E-state index is -0.462. The first-order chi connectivity index (χ1) is 11.7. The fourth-order valence-corrected chi connectivity index (χ4v) is 2.94. The van der Waals surface area contributed by atoms with Crippen LogP contribution in [0.4, 0.5) is 5.69 Å². The molecule has 0 saturated carbocycles. The molecule has 0 unspecified atom stereocenters. The van der Waals surface area contributed by atoms with Gasteiger partial charge < -0.3 is 9.64 Å². The van der Waals surface area contributed by atoms with Gasteiger partial charge in [-0.3, -0.25) is 9.58 Å². The molecule has 2 heterocycles. The van der Waals surface area contributed by atoms with E-state index in [2.05, 4.69) is 30.9 Å². The second kappa shape index (κ2) is 7.63. The van der Waals surface area contributed by atoms with Crippen molar-refractivity contribution in [3.63, 3.8) is 0 Å². The van der Waals surface area contributed by atoms with E-state index >= 15 is 0 Å². The fraction of sp³-hybridized carbons (Fsp3) is 0.438. The van der Waals surface area contributed by atoms with E-state index in [1.54, 1.807) is 10.9 Å². The Bertz CT molecular complexity index is 697. The third-order valence-corrected chi connectivity index (χ3v) is 4.36. The Morgan fingerprint density at radius 3 is 2.75 bits per heavy atom. The Morgan fingerprint density at radius 1 is 1.25 bits per heavy atom. The Kier molecular flexibility index (Phi) is 5.32. The van der Waals surface area contributed by atoms with E-state index in [1.807, 2.05) is 18.2 Å². The van der Waals surface area contributed by atoms with Crippen LogP contribution >= 0.6 is 11.6 Å². The second-order valence-corrected chi connectivity index (χ2v) is 6.10. The van der Waals surface area contributed by atoms with Crippen LogP contribution in [0.25, 0.3) is 0 Å². The van der Waals surface area contributed by atoms with Crippen molar-refractivity contribution in [3.05, 3.63) is 41.2 Å². The minimum Gasteiger partial charge on any atom is -0.464 e. The van der Waals surface area contributed by atoms with Crippen molar-refractivity contribution in [1.29, 1.82) is 0 Å². The first kappa shape index (κ1) is 16.7. The zero-order valence-corrected chi connectivity index (χ0v) is 14.3. The monoisotopic (exact) mass is 349 g/mol. The van der Waals surface area contributed by atoms with Crippen LogP contribution in [0.15, 0.2) is 30.5 Å². The molecule has 1 aliphatic heterocycles. The van der Waals surface area contributed by atoms with Gasteiger partial charge in [-0.2, -0.15) is 0 Å². The van der Waals surface area contributed by atoms with Crippen molar-refractivity contribution in [2.75, 3.05) is 44.7 Å². The zero-order valence-electron chi connectivity index (χ0n) is 13.6. The van der Waals surface area contributed by atoms with Gasteiger partial charge in [-0.05, 0) is 18.2 Å². The molecule has 24 heavy (non-hydrogen) atoms. The van der Waals surface area contributed by atoms with Crippen molar-refractivity contribution < 1.29 is 9.53 Å². The molecule has 3 rings (SSSR count). The van der Waals surface area contributed by atoms with Gasteiger partial charge in [0, 0.05) is 43.4 Å². The summed E-state index contributed by atoms with van der Waals surface area (Å²) in [6.45, 7) is 5.45. The summed E-state index contributed by atoms with van der Waals surface area (Å²) in [6.07, 6.45) is 1.62. The van der Waals surface area contributed by atoms with Gasteiger partial charge in [-0.25, -0.2) is 4.79 Å². The number of benzene rings is 1. The first-order valence-corrected chi connectivity index (χ1v) is 8.25. The number of hydrogen-bond donors (Lipinski definition) is 0. The van der Waals surface area contributed by atoms with Crippen LogP contribution in [-0.2, 0) is 11.3 Å². The number of hydrogen-bond acceptors (Lipinski definition) is 6. The first-order valence-electron chi connectivity index (χ1n) is 7.87. The summed E-state index contributed by atoms with van der Waals surface area (Å²) in [5.74, 6) is -0.462. The standard InChI is InChI=1S/C16H20ClN5O2/c1-24-16(23)15-12-22(19-18-15)10-7-20-5-8-21(9-6-20)14-4-2-3-13(17)11-14/h2-4,11-12H,5-10H2,1H3. The lowest BCUT2D eigenvalue weighted by Gasteiger charge is -2.36. The number of aromatic nitrogens is 3. The summed E-state index contributed by atoms with van der Waals surface area (Å²) < 4.78 is 6.30. The molecule has 1 fully saturated rings. The quantitative estimate of drug-likeness (QED) is 0.763. The fourth-order valence-electron chi connectivity index (χ4n) is 2.75. The molecule has 1 aliphatic rings. The number of rotatable bonds is 5. The Morgan fingerprint density at radius 2 is 2.04 bits per heavy atom. The van der Waals surface area contributed by atoms with Crippen LogP contribution in [-0.4, -0.2) is 65.7 Å².